The molecule has 5 heteroatoms. The van der Waals surface area contributed by atoms with Gasteiger partial charge in [-0.05, 0) is 37.0 Å². The summed E-state index contributed by atoms with van der Waals surface area (Å²) in [6, 6.07) is 7.73. The molecule has 96 valence electrons. The van der Waals surface area contributed by atoms with Crippen LogP contribution in [0.3, 0.4) is 0 Å². The Morgan fingerprint density at radius 1 is 1.50 bits per heavy atom. The van der Waals surface area contributed by atoms with Crippen molar-refractivity contribution in [2.24, 2.45) is 5.92 Å². The number of benzene rings is 1. The van der Waals surface area contributed by atoms with E-state index < -0.39 is 9.84 Å². The van der Waals surface area contributed by atoms with Crippen molar-refractivity contribution in [2.45, 2.75) is 13.3 Å². The van der Waals surface area contributed by atoms with Crippen LogP contribution >= 0.6 is 0 Å². The van der Waals surface area contributed by atoms with Crippen LogP contribution < -0.4 is 5.32 Å². The first-order valence-corrected chi connectivity index (χ1v) is 7.77. The highest BCUT2D eigenvalue weighted by Gasteiger charge is 2.27. The monoisotopic (exact) mass is 264 g/mol. The molecule has 1 aliphatic heterocycles. The summed E-state index contributed by atoms with van der Waals surface area (Å²) in [5.74, 6) is 0.702. The molecular weight excluding hydrogens is 248 g/mol. The number of aryl methyl sites for hydroxylation is 1. The predicted molar refractivity (Wildman–Crippen MR) is 71.1 cm³/mol. The lowest BCUT2D eigenvalue weighted by Gasteiger charge is -2.12. The zero-order valence-corrected chi connectivity index (χ0v) is 11.1. The van der Waals surface area contributed by atoms with Crippen LogP contribution in [0.4, 0.5) is 5.69 Å². The molecule has 1 saturated heterocycles. The molecule has 0 aromatic heterocycles. The van der Waals surface area contributed by atoms with E-state index in [1.807, 2.05) is 19.1 Å². The van der Waals surface area contributed by atoms with Gasteiger partial charge in [0.2, 0.25) is 0 Å². The first kappa shape index (κ1) is 12.9. The van der Waals surface area contributed by atoms with Gasteiger partial charge in [-0.3, -0.25) is 0 Å². The van der Waals surface area contributed by atoms with E-state index in [4.69, 9.17) is 5.26 Å². The first-order chi connectivity index (χ1) is 8.50. The third kappa shape index (κ3) is 3.02. The molecule has 0 aliphatic carbocycles. The summed E-state index contributed by atoms with van der Waals surface area (Å²) in [7, 11) is -2.83. The normalized spacial score (nSPS) is 21.4. The Hall–Kier alpha value is -1.54. The van der Waals surface area contributed by atoms with Gasteiger partial charge in [-0.2, -0.15) is 5.26 Å². The molecule has 1 aromatic rings. The van der Waals surface area contributed by atoms with Crippen molar-refractivity contribution in [3.05, 3.63) is 29.3 Å². The number of nitrogens with zero attached hydrogens (tertiary/aromatic N) is 1. The minimum absolute atomic E-state index is 0.155. The smallest absolute Gasteiger partial charge is 0.150 e. The van der Waals surface area contributed by atoms with Gasteiger partial charge in [0, 0.05) is 6.54 Å². The number of hydrogen-bond acceptors (Lipinski definition) is 4. The van der Waals surface area contributed by atoms with E-state index in [0.717, 1.165) is 11.3 Å². The SMILES string of the molecule is Cc1ccc(C#N)c(NCC2CCS(=O)(=O)C2)c1. The van der Waals surface area contributed by atoms with Crippen molar-refractivity contribution in [3.8, 4) is 6.07 Å². The average molecular weight is 264 g/mol. The highest BCUT2D eigenvalue weighted by atomic mass is 32.2. The van der Waals surface area contributed by atoms with E-state index >= 15 is 0 Å². The highest BCUT2D eigenvalue weighted by molar-refractivity contribution is 7.91. The molecule has 0 radical (unpaired) electrons. The molecule has 1 heterocycles. The van der Waals surface area contributed by atoms with Gasteiger partial charge in [0.1, 0.15) is 6.07 Å². The van der Waals surface area contributed by atoms with E-state index in [9.17, 15) is 8.42 Å². The lowest BCUT2D eigenvalue weighted by Crippen LogP contribution is -2.16. The van der Waals surface area contributed by atoms with E-state index in [1.165, 1.54) is 0 Å². The fraction of sp³-hybridized carbons (Fsp3) is 0.462. The van der Waals surface area contributed by atoms with Gasteiger partial charge in [0.15, 0.2) is 9.84 Å². The van der Waals surface area contributed by atoms with Crippen LogP contribution in [0.1, 0.15) is 17.5 Å². The van der Waals surface area contributed by atoms with Crippen molar-refractivity contribution >= 4 is 15.5 Å². The molecule has 0 bridgehead atoms. The second-order valence-electron chi connectivity index (χ2n) is 4.81. The van der Waals surface area contributed by atoms with Crippen LogP contribution in [-0.2, 0) is 9.84 Å². The molecule has 4 nitrogen and oxygen atoms in total. The summed E-state index contributed by atoms with van der Waals surface area (Å²) in [5, 5.41) is 12.2. The van der Waals surface area contributed by atoms with E-state index in [0.29, 0.717) is 18.5 Å². The molecule has 1 aliphatic rings. The molecule has 0 spiro atoms. The Labute approximate surface area is 108 Å². The second kappa shape index (κ2) is 4.99. The molecule has 2 rings (SSSR count). The van der Waals surface area contributed by atoms with E-state index in [1.54, 1.807) is 6.07 Å². The third-order valence-electron chi connectivity index (χ3n) is 3.20. The fourth-order valence-corrected chi connectivity index (χ4v) is 4.05. The Balaban J connectivity index is 2.03. The zero-order chi connectivity index (χ0) is 13.2. The molecule has 1 unspecified atom stereocenters. The zero-order valence-electron chi connectivity index (χ0n) is 10.3. The van der Waals surface area contributed by atoms with Crippen molar-refractivity contribution in [2.75, 3.05) is 23.4 Å². The van der Waals surface area contributed by atoms with Gasteiger partial charge in [-0.25, -0.2) is 8.42 Å². The van der Waals surface area contributed by atoms with Crippen LogP contribution in [0.5, 0.6) is 0 Å². The molecule has 1 aromatic carbocycles. The maximum absolute atomic E-state index is 11.3. The molecule has 1 atom stereocenters. The molecule has 1 N–H and O–H groups in total. The summed E-state index contributed by atoms with van der Waals surface area (Å²) in [5.41, 5.74) is 2.47. The van der Waals surface area contributed by atoms with Gasteiger partial charge in [-0.15, -0.1) is 0 Å². The van der Waals surface area contributed by atoms with Gasteiger partial charge < -0.3 is 5.32 Å². The standard InChI is InChI=1S/C13H16N2O2S/c1-10-2-3-12(7-14)13(6-10)15-8-11-4-5-18(16,17)9-11/h2-3,6,11,15H,4-5,8-9H2,1H3. The predicted octanol–water partition coefficient (Wildman–Crippen LogP) is 1.71. The number of hydrogen-bond donors (Lipinski definition) is 1. The lowest BCUT2D eigenvalue weighted by molar-refractivity contribution is 0.596. The molecule has 1 fully saturated rings. The summed E-state index contributed by atoms with van der Waals surface area (Å²) in [4.78, 5) is 0. The topological polar surface area (TPSA) is 70.0 Å². The summed E-state index contributed by atoms with van der Waals surface area (Å²) in [6.07, 6.45) is 0.711. The van der Waals surface area contributed by atoms with Crippen molar-refractivity contribution in [1.82, 2.24) is 0 Å². The van der Waals surface area contributed by atoms with E-state index in [-0.39, 0.29) is 17.4 Å². The largest absolute Gasteiger partial charge is 0.384 e. The Kier molecular flexibility index (Phi) is 3.58. The minimum Gasteiger partial charge on any atom is -0.384 e. The molecule has 0 saturated carbocycles. The molecule has 0 amide bonds. The maximum Gasteiger partial charge on any atom is 0.150 e. The fourth-order valence-electron chi connectivity index (χ4n) is 2.19. The number of rotatable bonds is 3. The van der Waals surface area contributed by atoms with Crippen LogP contribution in [0, 0.1) is 24.2 Å². The second-order valence-corrected chi connectivity index (χ2v) is 7.04. The number of nitrogens with one attached hydrogen (secondary N) is 1. The summed E-state index contributed by atoms with van der Waals surface area (Å²) in [6.45, 7) is 2.57. The molecular formula is C13H16N2O2S. The van der Waals surface area contributed by atoms with Gasteiger partial charge in [0.25, 0.3) is 0 Å². The van der Waals surface area contributed by atoms with Crippen LogP contribution in [0.25, 0.3) is 0 Å². The minimum atomic E-state index is -2.83. The summed E-state index contributed by atoms with van der Waals surface area (Å²) < 4.78 is 22.7. The quantitative estimate of drug-likeness (QED) is 0.902. The first-order valence-electron chi connectivity index (χ1n) is 5.95. The van der Waals surface area contributed by atoms with Crippen LogP contribution in [-0.4, -0.2) is 26.5 Å². The van der Waals surface area contributed by atoms with Crippen molar-refractivity contribution < 1.29 is 8.42 Å². The number of nitriles is 1. The highest BCUT2D eigenvalue weighted by Crippen LogP contribution is 2.21. The Morgan fingerprint density at radius 3 is 2.89 bits per heavy atom. The van der Waals surface area contributed by atoms with Gasteiger partial charge in [-0.1, -0.05) is 6.07 Å². The van der Waals surface area contributed by atoms with E-state index in [2.05, 4.69) is 11.4 Å². The Bertz CT molecular complexity index is 587. The summed E-state index contributed by atoms with van der Waals surface area (Å²) >= 11 is 0. The lowest BCUT2D eigenvalue weighted by atomic mass is 10.1. The van der Waals surface area contributed by atoms with Gasteiger partial charge >= 0.3 is 0 Å². The Morgan fingerprint density at radius 2 is 2.28 bits per heavy atom. The van der Waals surface area contributed by atoms with Crippen molar-refractivity contribution in [3.63, 3.8) is 0 Å². The number of anilines is 1. The number of sulfone groups is 1. The van der Waals surface area contributed by atoms with Crippen molar-refractivity contribution in [1.29, 1.82) is 5.26 Å². The average Bonchev–Trinajstić information content (AvgIpc) is 2.66. The third-order valence-corrected chi connectivity index (χ3v) is 5.04. The van der Waals surface area contributed by atoms with Gasteiger partial charge in [0.05, 0.1) is 22.8 Å². The maximum atomic E-state index is 11.3. The van der Waals surface area contributed by atoms with Crippen LogP contribution in [0.2, 0.25) is 0 Å². The van der Waals surface area contributed by atoms with Crippen LogP contribution in [0.15, 0.2) is 18.2 Å². The molecule has 18 heavy (non-hydrogen) atoms.